The van der Waals surface area contributed by atoms with Crippen molar-refractivity contribution in [2.75, 3.05) is 5.32 Å². The van der Waals surface area contributed by atoms with Crippen molar-refractivity contribution >= 4 is 11.5 Å². The Morgan fingerprint density at radius 3 is 2.80 bits per heavy atom. The van der Waals surface area contributed by atoms with Crippen LogP contribution in [0.4, 0.5) is 5.82 Å². The fraction of sp³-hybridized carbons (Fsp3) is 0.667. The lowest BCUT2D eigenvalue weighted by Crippen LogP contribution is -2.26. The number of nitrogens with zero attached hydrogens (tertiary/aromatic N) is 4. The molecule has 5 heteroatoms. The third-order valence-electron chi connectivity index (χ3n) is 4.38. The van der Waals surface area contributed by atoms with Gasteiger partial charge in [0, 0.05) is 18.4 Å². The van der Waals surface area contributed by atoms with Gasteiger partial charge in [0.25, 0.3) is 0 Å². The summed E-state index contributed by atoms with van der Waals surface area (Å²) in [6.45, 7) is 4.24. The molecule has 0 radical (unpaired) electrons. The number of fused-ring (bicyclic) bond motifs is 1. The van der Waals surface area contributed by atoms with Gasteiger partial charge in [0.2, 0.25) is 5.65 Å². The van der Waals surface area contributed by atoms with Crippen molar-refractivity contribution in [2.45, 2.75) is 58.4 Å². The van der Waals surface area contributed by atoms with Gasteiger partial charge in [0.05, 0.1) is 0 Å². The summed E-state index contributed by atoms with van der Waals surface area (Å²) in [4.78, 5) is 4.44. The second-order valence-corrected chi connectivity index (χ2v) is 5.87. The SMILES string of the molecule is CCCC1CCC(Nc2nccn3c(C)nnc23)CC1. The van der Waals surface area contributed by atoms with Crippen LogP contribution in [0.25, 0.3) is 5.65 Å². The molecule has 2 heterocycles. The Kier molecular flexibility index (Phi) is 3.85. The summed E-state index contributed by atoms with van der Waals surface area (Å²) in [5, 5.41) is 11.9. The van der Waals surface area contributed by atoms with Crippen molar-refractivity contribution in [3.8, 4) is 0 Å². The maximum atomic E-state index is 4.44. The molecular formula is C15H23N5. The van der Waals surface area contributed by atoms with Crippen LogP contribution in [0.2, 0.25) is 0 Å². The maximum absolute atomic E-state index is 4.44. The summed E-state index contributed by atoms with van der Waals surface area (Å²) in [5.41, 5.74) is 0.834. The Hall–Kier alpha value is -1.65. The van der Waals surface area contributed by atoms with E-state index in [0.29, 0.717) is 6.04 Å². The zero-order valence-electron chi connectivity index (χ0n) is 12.3. The molecule has 0 bridgehead atoms. The Labute approximate surface area is 119 Å². The minimum Gasteiger partial charge on any atom is -0.364 e. The van der Waals surface area contributed by atoms with Crippen LogP contribution in [0.15, 0.2) is 12.4 Å². The molecule has 1 fully saturated rings. The molecule has 2 aromatic heterocycles. The lowest BCUT2D eigenvalue weighted by Gasteiger charge is -2.29. The van der Waals surface area contributed by atoms with E-state index in [2.05, 4.69) is 27.4 Å². The highest BCUT2D eigenvalue weighted by atomic mass is 15.3. The molecule has 108 valence electrons. The van der Waals surface area contributed by atoms with Crippen LogP contribution in [0.3, 0.4) is 0 Å². The molecule has 1 aliphatic carbocycles. The van der Waals surface area contributed by atoms with Gasteiger partial charge in [-0.2, -0.15) is 0 Å². The largest absolute Gasteiger partial charge is 0.364 e. The van der Waals surface area contributed by atoms with E-state index >= 15 is 0 Å². The van der Waals surface area contributed by atoms with E-state index in [1.807, 2.05) is 23.7 Å². The summed E-state index contributed by atoms with van der Waals surface area (Å²) >= 11 is 0. The van der Waals surface area contributed by atoms with Gasteiger partial charge in [-0.05, 0) is 38.5 Å². The van der Waals surface area contributed by atoms with Gasteiger partial charge in [-0.15, -0.1) is 10.2 Å². The molecule has 0 aliphatic heterocycles. The summed E-state index contributed by atoms with van der Waals surface area (Å²) in [6.07, 6.45) is 11.6. The van der Waals surface area contributed by atoms with E-state index in [-0.39, 0.29) is 0 Å². The van der Waals surface area contributed by atoms with Crippen molar-refractivity contribution in [3.05, 3.63) is 18.2 Å². The molecule has 2 aromatic rings. The standard InChI is InChI=1S/C15H23N5/c1-3-4-12-5-7-13(8-6-12)17-14-15-19-18-11(2)20(15)10-9-16-14/h9-10,12-13H,3-8H2,1-2H3,(H,16,17). The van der Waals surface area contributed by atoms with Crippen molar-refractivity contribution in [3.63, 3.8) is 0 Å². The van der Waals surface area contributed by atoms with Crippen LogP contribution in [0.5, 0.6) is 0 Å². The zero-order valence-corrected chi connectivity index (χ0v) is 12.3. The van der Waals surface area contributed by atoms with Crippen molar-refractivity contribution in [2.24, 2.45) is 5.92 Å². The van der Waals surface area contributed by atoms with Gasteiger partial charge in [0.15, 0.2) is 5.82 Å². The Bertz CT molecular complexity index is 569. The molecule has 0 saturated heterocycles. The minimum absolute atomic E-state index is 0.527. The molecule has 3 rings (SSSR count). The Morgan fingerprint density at radius 1 is 1.25 bits per heavy atom. The van der Waals surface area contributed by atoms with Crippen LogP contribution in [0.1, 0.15) is 51.3 Å². The topological polar surface area (TPSA) is 55.1 Å². The number of anilines is 1. The van der Waals surface area contributed by atoms with Crippen LogP contribution >= 0.6 is 0 Å². The second-order valence-electron chi connectivity index (χ2n) is 5.87. The first-order valence-corrected chi connectivity index (χ1v) is 7.70. The average Bonchev–Trinajstić information content (AvgIpc) is 2.84. The quantitative estimate of drug-likeness (QED) is 0.929. The Balaban J connectivity index is 1.68. The van der Waals surface area contributed by atoms with Crippen molar-refractivity contribution < 1.29 is 0 Å². The molecule has 0 atom stereocenters. The first-order valence-electron chi connectivity index (χ1n) is 7.70. The van der Waals surface area contributed by atoms with Crippen LogP contribution in [-0.4, -0.2) is 25.6 Å². The zero-order chi connectivity index (χ0) is 13.9. The summed E-state index contributed by atoms with van der Waals surface area (Å²) in [6, 6.07) is 0.527. The van der Waals surface area contributed by atoms with E-state index < -0.39 is 0 Å². The maximum Gasteiger partial charge on any atom is 0.203 e. The van der Waals surface area contributed by atoms with E-state index in [0.717, 1.165) is 23.2 Å². The molecule has 20 heavy (non-hydrogen) atoms. The molecule has 0 unspecified atom stereocenters. The van der Waals surface area contributed by atoms with Gasteiger partial charge < -0.3 is 5.32 Å². The lowest BCUT2D eigenvalue weighted by atomic mass is 9.83. The molecule has 5 nitrogen and oxygen atoms in total. The lowest BCUT2D eigenvalue weighted by molar-refractivity contribution is 0.318. The number of rotatable bonds is 4. The normalized spacial score (nSPS) is 23.1. The predicted molar refractivity (Wildman–Crippen MR) is 79.8 cm³/mol. The molecule has 1 saturated carbocycles. The number of aryl methyl sites for hydroxylation is 1. The molecular weight excluding hydrogens is 250 g/mol. The predicted octanol–water partition coefficient (Wildman–Crippen LogP) is 3.20. The van der Waals surface area contributed by atoms with Crippen molar-refractivity contribution in [1.82, 2.24) is 19.6 Å². The highest BCUT2D eigenvalue weighted by molar-refractivity contribution is 5.62. The van der Waals surface area contributed by atoms with Crippen LogP contribution in [0, 0.1) is 12.8 Å². The van der Waals surface area contributed by atoms with E-state index in [1.54, 1.807) is 0 Å². The van der Waals surface area contributed by atoms with Gasteiger partial charge in [0.1, 0.15) is 5.82 Å². The minimum atomic E-state index is 0.527. The second kappa shape index (κ2) is 5.77. The summed E-state index contributed by atoms with van der Waals surface area (Å²) < 4.78 is 1.98. The van der Waals surface area contributed by atoms with Gasteiger partial charge in [-0.1, -0.05) is 19.8 Å². The fourth-order valence-electron chi connectivity index (χ4n) is 3.24. The summed E-state index contributed by atoms with van der Waals surface area (Å²) in [7, 11) is 0. The monoisotopic (exact) mass is 273 g/mol. The smallest absolute Gasteiger partial charge is 0.203 e. The van der Waals surface area contributed by atoms with Crippen LogP contribution < -0.4 is 5.32 Å². The average molecular weight is 273 g/mol. The molecule has 1 aliphatic rings. The van der Waals surface area contributed by atoms with Gasteiger partial charge in [-0.25, -0.2) is 4.98 Å². The van der Waals surface area contributed by atoms with E-state index in [9.17, 15) is 0 Å². The third kappa shape index (κ3) is 2.62. The third-order valence-corrected chi connectivity index (χ3v) is 4.38. The molecule has 0 amide bonds. The Morgan fingerprint density at radius 2 is 2.05 bits per heavy atom. The van der Waals surface area contributed by atoms with Crippen LogP contribution in [-0.2, 0) is 0 Å². The van der Waals surface area contributed by atoms with E-state index in [1.165, 1.54) is 38.5 Å². The fourth-order valence-corrected chi connectivity index (χ4v) is 3.24. The summed E-state index contributed by atoms with van der Waals surface area (Å²) in [5.74, 6) is 2.70. The molecule has 0 aromatic carbocycles. The van der Waals surface area contributed by atoms with Gasteiger partial charge >= 0.3 is 0 Å². The highest BCUT2D eigenvalue weighted by Crippen LogP contribution is 2.29. The molecule has 0 spiro atoms. The van der Waals surface area contributed by atoms with E-state index in [4.69, 9.17) is 0 Å². The highest BCUT2D eigenvalue weighted by Gasteiger charge is 2.21. The number of hydrogen-bond donors (Lipinski definition) is 1. The van der Waals surface area contributed by atoms with Gasteiger partial charge in [-0.3, -0.25) is 4.40 Å². The first-order chi connectivity index (χ1) is 9.78. The number of hydrogen-bond acceptors (Lipinski definition) is 4. The number of aromatic nitrogens is 4. The molecule has 1 N–H and O–H groups in total. The number of nitrogens with one attached hydrogen (secondary N) is 1. The first kappa shape index (κ1) is 13.3. The van der Waals surface area contributed by atoms with Crippen molar-refractivity contribution in [1.29, 1.82) is 0 Å².